The van der Waals surface area contributed by atoms with Gasteiger partial charge < -0.3 is 9.84 Å². The van der Waals surface area contributed by atoms with E-state index >= 15 is 0 Å². The van der Waals surface area contributed by atoms with Crippen LogP contribution in [0.3, 0.4) is 0 Å². The number of benzene rings is 1. The molecule has 0 spiro atoms. The third-order valence-corrected chi connectivity index (χ3v) is 3.87. The molecule has 19 heavy (non-hydrogen) atoms. The average molecular weight is 257 g/mol. The van der Waals surface area contributed by atoms with Crippen LogP contribution < -0.4 is 0 Å². The van der Waals surface area contributed by atoms with E-state index in [1.165, 1.54) is 32.1 Å². The van der Waals surface area contributed by atoms with Gasteiger partial charge in [-0.15, -0.1) is 0 Å². The largest absolute Gasteiger partial charge is 0.506 e. The van der Waals surface area contributed by atoms with Crippen LogP contribution in [0.1, 0.15) is 37.7 Å². The van der Waals surface area contributed by atoms with E-state index in [1.54, 1.807) is 12.3 Å². The molecule has 0 aliphatic heterocycles. The summed E-state index contributed by atoms with van der Waals surface area (Å²) in [6.45, 7) is 0.604. The summed E-state index contributed by atoms with van der Waals surface area (Å²) in [6.07, 6.45) is 8.35. The van der Waals surface area contributed by atoms with E-state index in [9.17, 15) is 5.11 Å². The Morgan fingerprint density at radius 2 is 2.00 bits per heavy atom. The molecule has 1 aromatic carbocycles. The molecule has 1 aliphatic rings. The van der Waals surface area contributed by atoms with Gasteiger partial charge in [-0.25, -0.2) is 0 Å². The Hall–Kier alpha value is -1.61. The van der Waals surface area contributed by atoms with Crippen LogP contribution in [0.2, 0.25) is 0 Å². The number of phenolic OH excluding ortho intramolecular Hbond substituents is 1. The molecule has 0 saturated heterocycles. The second-order valence-electron chi connectivity index (χ2n) is 5.21. The summed E-state index contributed by atoms with van der Waals surface area (Å²) in [7, 11) is 0. The minimum Gasteiger partial charge on any atom is -0.506 e. The minimum absolute atomic E-state index is 0.233. The molecule has 0 amide bonds. The summed E-state index contributed by atoms with van der Waals surface area (Å²) in [5.41, 5.74) is 1.76. The molecule has 1 heterocycles. The number of aromatic hydroxyl groups is 1. The molecular weight excluding hydrogens is 238 g/mol. The van der Waals surface area contributed by atoms with Gasteiger partial charge in [0.25, 0.3) is 0 Å². The molecule has 3 heteroatoms. The highest BCUT2D eigenvalue weighted by Crippen LogP contribution is 2.27. The van der Waals surface area contributed by atoms with Gasteiger partial charge in [-0.05, 0) is 30.5 Å². The zero-order valence-corrected chi connectivity index (χ0v) is 11.0. The quantitative estimate of drug-likeness (QED) is 0.909. The normalized spacial score (nSPS) is 16.8. The molecule has 1 aromatic heterocycles. The SMILES string of the molecule is Oc1ccc(COC2CCCCC2)c2cccnc12. The Balaban J connectivity index is 1.79. The summed E-state index contributed by atoms with van der Waals surface area (Å²) in [4.78, 5) is 4.23. The van der Waals surface area contributed by atoms with E-state index in [0.717, 1.165) is 10.9 Å². The van der Waals surface area contributed by atoms with Crippen LogP contribution in [0.25, 0.3) is 10.9 Å². The highest BCUT2D eigenvalue weighted by Gasteiger charge is 2.14. The van der Waals surface area contributed by atoms with Crippen molar-refractivity contribution in [3.8, 4) is 5.75 Å². The predicted octanol–water partition coefficient (Wildman–Crippen LogP) is 3.79. The molecule has 2 aromatic rings. The van der Waals surface area contributed by atoms with Crippen molar-refractivity contribution in [2.45, 2.75) is 44.8 Å². The van der Waals surface area contributed by atoms with E-state index in [2.05, 4.69) is 4.98 Å². The van der Waals surface area contributed by atoms with E-state index in [0.29, 0.717) is 18.2 Å². The second kappa shape index (κ2) is 5.57. The van der Waals surface area contributed by atoms with E-state index in [1.807, 2.05) is 18.2 Å². The summed E-state index contributed by atoms with van der Waals surface area (Å²) in [5, 5.41) is 10.8. The number of fused-ring (bicyclic) bond motifs is 1. The van der Waals surface area contributed by atoms with Crippen LogP contribution in [0.15, 0.2) is 30.5 Å². The first-order chi connectivity index (χ1) is 9.34. The average Bonchev–Trinajstić information content (AvgIpc) is 2.48. The molecule has 0 unspecified atom stereocenters. The first kappa shape index (κ1) is 12.4. The highest BCUT2D eigenvalue weighted by molar-refractivity contribution is 5.86. The Labute approximate surface area is 113 Å². The Kier molecular flexibility index (Phi) is 3.65. The highest BCUT2D eigenvalue weighted by atomic mass is 16.5. The molecule has 0 atom stereocenters. The summed E-state index contributed by atoms with van der Waals surface area (Å²) < 4.78 is 6.01. The fourth-order valence-corrected chi connectivity index (χ4v) is 2.78. The zero-order valence-electron chi connectivity index (χ0n) is 11.0. The third kappa shape index (κ3) is 2.71. The van der Waals surface area contributed by atoms with Gasteiger partial charge in [-0.2, -0.15) is 0 Å². The number of pyridine rings is 1. The first-order valence-electron chi connectivity index (χ1n) is 7.02. The number of nitrogens with zero attached hydrogens (tertiary/aromatic N) is 1. The molecule has 3 rings (SSSR count). The van der Waals surface area contributed by atoms with E-state index < -0.39 is 0 Å². The monoisotopic (exact) mass is 257 g/mol. The standard InChI is InChI=1S/C16H19NO2/c18-15-9-8-12(14-7-4-10-17-16(14)15)11-19-13-5-2-1-3-6-13/h4,7-10,13,18H,1-3,5-6,11H2. The van der Waals surface area contributed by atoms with Gasteiger partial charge in [-0.1, -0.05) is 31.4 Å². The van der Waals surface area contributed by atoms with Crippen molar-refractivity contribution in [2.24, 2.45) is 0 Å². The maximum Gasteiger partial charge on any atom is 0.141 e. The van der Waals surface area contributed by atoms with Crippen molar-refractivity contribution in [3.05, 3.63) is 36.0 Å². The molecular formula is C16H19NO2. The predicted molar refractivity (Wildman–Crippen MR) is 75.1 cm³/mol. The van der Waals surface area contributed by atoms with Gasteiger partial charge in [0.2, 0.25) is 0 Å². The molecule has 1 saturated carbocycles. The molecule has 1 N–H and O–H groups in total. The number of hydrogen-bond donors (Lipinski definition) is 1. The molecule has 1 fully saturated rings. The van der Waals surface area contributed by atoms with Gasteiger partial charge in [0, 0.05) is 11.6 Å². The fourth-order valence-electron chi connectivity index (χ4n) is 2.78. The van der Waals surface area contributed by atoms with E-state index in [-0.39, 0.29) is 5.75 Å². The summed E-state index contributed by atoms with van der Waals surface area (Å²) in [5.74, 6) is 0.233. The summed E-state index contributed by atoms with van der Waals surface area (Å²) in [6, 6.07) is 7.52. The number of rotatable bonds is 3. The summed E-state index contributed by atoms with van der Waals surface area (Å²) >= 11 is 0. The van der Waals surface area contributed by atoms with Crippen molar-refractivity contribution in [1.82, 2.24) is 4.98 Å². The molecule has 0 bridgehead atoms. The Bertz CT molecular complexity index is 562. The van der Waals surface area contributed by atoms with Gasteiger partial charge in [0.15, 0.2) is 0 Å². The lowest BCUT2D eigenvalue weighted by molar-refractivity contribution is 0.0174. The first-order valence-corrected chi connectivity index (χ1v) is 7.02. The topological polar surface area (TPSA) is 42.4 Å². The van der Waals surface area contributed by atoms with Gasteiger partial charge in [0.05, 0.1) is 12.7 Å². The van der Waals surface area contributed by atoms with Crippen LogP contribution in [-0.4, -0.2) is 16.2 Å². The van der Waals surface area contributed by atoms with Gasteiger partial charge >= 0.3 is 0 Å². The second-order valence-corrected chi connectivity index (χ2v) is 5.21. The lowest BCUT2D eigenvalue weighted by Crippen LogP contribution is -2.16. The number of aromatic nitrogens is 1. The molecule has 3 nitrogen and oxygen atoms in total. The Morgan fingerprint density at radius 1 is 1.16 bits per heavy atom. The van der Waals surface area contributed by atoms with Crippen molar-refractivity contribution in [2.75, 3.05) is 0 Å². The van der Waals surface area contributed by atoms with Gasteiger partial charge in [-0.3, -0.25) is 4.98 Å². The van der Waals surface area contributed by atoms with Crippen LogP contribution in [0.5, 0.6) is 5.75 Å². The van der Waals surface area contributed by atoms with Crippen molar-refractivity contribution < 1.29 is 9.84 Å². The third-order valence-electron chi connectivity index (χ3n) is 3.87. The smallest absolute Gasteiger partial charge is 0.141 e. The maximum absolute atomic E-state index is 9.81. The zero-order chi connectivity index (χ0) is 13.1. The number of phenols is 1. The van der Waals surface area contributed by atoms with Crippen LogP contribution in [0, 0.1) is 0 Å². The van der Waals surface area contributed by atoms with Crippen molar-refractivity contribution in [1.29, 1.82) is 0 Å². The van der Waals surface area contributed by atoms with Gasteiger partial charge in [0.1, 0.15) is 11.3 Å². The minimum atomic E-state index is 0.233. The lowest BCUT2D eigenvalue weighted by atomic mass is 9.98. The van der Waals surface area contributed by atoms with Crippen LogP contribution >= 0.6 is 0 Å². The molecule has 1 aliphatic carbocycles. The number of hydrogen-bond acceptors (Lipinski definition) is 3. The van der Waals surface area contributed by atoms with E-state index in [4.69, 9.17) is 4.74 Å². The fraction of sp³-hybridized carbons (Fsp3) is 0.438. The molecule has 0 radical (unpaired) electrons. The lowest BCUT2D eigenvalue weighted by Gasteiger charge is -2.22. The van der Waals surface area contributed by atoms with Crippen LogP contribution in [-0.2, 0) is 11.3 Å². The Morgan fingerprint density at radius 3 is 2.84 bits per heavy atom. The van der Waals surface area contributed by atoms with Crippen LogP contribution in [0.4, 0.5) is 0 Å². The van der Waals surface area contributed by atoms with Crippen molar-refractivity contribution in [3.63, 3.8) is 0 Å². The maximum atomic E-state index is 9.81. The number of ether oxygens (including phenoxy) is 1. The van der Waals surface area contributed by atoms with Crippen molar-refractivity contribution >= 4 is 10.9 Å². The molecule has 100 valence electrons.